The van der Waals surface area contributed by atoms with E-state index in [-0.39, 0.29) is 6.08 Å². The highest BCUT2D eigenvalue weighted by molar-refractivity contribution is 5.97. The molecule has 0 amide bonds. The summed E-state index contributed by atoms with van der Waals surface area (Å²) in [5.41, 5.74) is 0.329. The van der Waals surface area contributed by atoms with Gasteiger partial charge in [-0.05, 0) is 11.6 Å². The molecule has 0 saturated heterocycles. The lowest BCUT2D eigenvalue weighted by atomic mass is 9.89. The van der Waals surface area contributed by atoms with Crippen molar-refractivity contribution in [3.8, 4) is 0 Å². The number of rotatable bonds is 9. The molecule has 16 heteroatoms. The molecule has 1 aromatic carbocycles. The Balaban J connectivity index is 3.36. The van der Waals surface area contributed by atoms with Crippen LogP contribution in [0.2, 0.25) is 0 Å². The van der Waals surface area contributed by atoms with Crippen molar-refractivity contribution in [1.82, 2.24) is 0 Å². The van der Waals surface area contributed by atoms with Gasteiger partial charge in [-0.2, -0.15) is 65.9 Å². The van der Waals surface area contributed by atoms with E-state index in [1.807, 2.05) is 0 Å². The van der Waals surface area contributed by atoms with Crippen LogP contribution in [-0.2, 0) is 4.79 Å². The minimum absolute atomic E-state index is 0.224. The highest BCUT2D eigenvalue weighted by Gasteiger charge is 2.93. The van der Waals surface area contributed by atoms with Crippen LogP contribution in [0.25, 0.3) is 6.08 Å². The van der Waals surface area contributed by atoms with E-state index in [4.69, 9.17) is 0 Å². The fourth-order valence-corrected chi connectivity index (χ4v) is 2.10. The standard InChI is InChI=1S/C18H9F15O/c19-12(20,11(34)9-5-4-8-10-6-2-1-3-7-10)13(21,22)14(23,24)15(25,26)16(27,28)17(29,30)18(31,32)33/h1-9H/b8-4+,9-5+. The first-order valence-corrected chi connectivity index (χ1v) is 8.28. The zero-order valence-electron chi connectivity index (χ0n) is 15.8. The van der Waals surface area contributed by atoms with Crippen molar-refractivity contribution in [2.45, 2.75) is 41.7 Å². The Bertz CT molecular complexity index is 926. The fraction of sp³-hybridized carbons (Fsp3) is 0.389. The molecule has 0 aliphatic heterocycles. The number of carbonyl (C=O) groups is 1. The van der Waals surface area contributed by atoms with Crippen LogP contribution in [0.3, 0.4) is 0 Å². The van der Waals surface area contributed by atoms with Gasteiger partial charge in [-0.15, -0.1) is 0 Å². The predicted molar refractivity (Wildman–Crippen MR) is 85.4 cm³/mol. The van der Waals surface area contributed by atoms with E-state index in [1.54, 1.807) is 0 Å². The maximum Gasteiger partial charge on any atom is 0.460 e. The lowest BCUT2D eigenvalue weighted by molar-refractivity contribution is -0.449. The Morgan fingerprint density at radius 3 is 1.41 bits per heavy atom. The summed E-state index contributed by atoms with van der Waals surface area (Å²) in [6, 6.07) is 7.25. The molecule has 192 valence electrons. The van der Waals surface area contributed by atoms with Gasteiger partial charge >= 0.3 is 41.7 Å². The molecule has 0 N–H and O–H groups in total. The second kappa shape index (κ2) is 8.83. The average Bonchev–Trinajstić information content (AvgIpc) is 2.70. The number of allylic oxidation sites excluding steroid dienone is 3. The van der Waals surface area contributed by atoms with Crippen molar-refractivity contribution in [3.05, 3.63) is 54.1 Å². The van der Waals surface area contributed by atoms with Crippen molar-refractivity contribution in [1.29, 1.82) is 0 Å². The molecule has 0 aliphatic carbocycles. The molecule has 0 bridgehead atoms. The molecule has 0 aliphatic rings. The maximum absolute atomic E-state index is 13.6. The number of alkyl halides is 15. The molecule has 0 atom stereocenters. The number of hydrogen-bond donors (Lipinski definition) is 0. The molecule has 0 aromatic heterocycles. The van der Waals surface area contributed by atoms with Crippen molar-refractivity contribution >= 4 is 11.9 Å². The van der Waals surface area contributed by atoms with Crippen molar-refractivity contribution in [2.75, 3.05) is 0 Å². The van der Waals surface area contributed by atoms with Crippen LogP contribution >= 0.6 is 0 Å². The fourth-order valence-electron chi connectivity index (χ4n) is 2.10. The molecule has 0 heterocycles. The lowest BCUT2D eigenvalue weighted by Crippen LogP contribution is -2.73. The van der Waals surface area contributed by atoms with Crippen molar-refractivity contribution < 1.29 is 70.7 Å². The zero-order chi connectivity index (χ0) is 27.0. The monoisotopic (exact) mass is 526 g/mol. The zero-order valence-corrected chi connectivity index (χ0v) is 15.8. The van der Waals surface area contributed by atoms with Crippen LogP contribution < -0.4 is 0 Å². The third-order valence-corrected chi connectivity index (χ3v) is 4.08. The SMILES string of the molecule is O=C(/C=C/C=C/c1ccccc1)C(F)(F)C(F)(F)C(F)(F)C(F)(F)C(F)(F)C(F)(F)C(F)(F)F. The van der Waals surface area contributed by atoms with E-state index in [0.29, 0.717) is 11.6 Å². The van der Waals surface area contributed by atoms with Crippen LogP contribution in [0, 0.1) is 0 Å². The molecule has 1 nitrogen and oxygen atoms in total. The van der Waals surface area contributed by atoms with Gasteiger partial charge in [0.1, 0.15) is 0 Å². The van der Waals surface area contributed by atoms with Crippen LogP contribution in [0.15, 0.2) is 48.6 Å². The topological polar surface area (TPSA) is 17.1 Å². The predicted octanol–water partition coefficient (Wildman–Crippen LogP) is 7.20. The first-order chi connectivity index (χ1) is 15.0. The van der Waals surface area contributed by atoms with E-state index in [1.165, 1.54) is 30.3 Å². The van der Waals surface area contributed by atoms with E-state index in [0.717, 1.165) is 6.08 Å². The second-order valence-corrected chi connectivity index (χ2v) is 6.44. The third-order valence-electron chi connectivity index (χ3n) is 4.08. The minimum Gasteiger partial charge on any atom is -0.288 e. The molecular weight excluding hydrogens is 517 g/mol. The van der Waals surface area contributed by atoms with Crippen LogP contribution in [-0.4, -0.2) is 47.5 Å². The number of halogens is 15. The van der Waals surface area contributed by atoms with Crippen LogP contribution in [0.1, 0.15) is 5.56 Å². The highest BCUT2D eigenvalue weighted by Crippen LogP contribution is 2.62. The Kier molecular flexibility index (Phi) is 7.63. The van der Waals surface area contributed by atoms with Crippen LogP contribution in [0.4, 0.5) is 65.9 Å². The number of hydrogen-bond acceptors (Lipinski definition) is 1. The number of ketones is 1. The number of benzene rings is 1. The van der Waals surface area contributed by atoms with Gasteiger partial charge in [0.15, 0.2) is 0 Å². The van der Waals surface area contributed by atoms with Gasteiger partial charge in [0.2, 0.25) is 5.78 Å². The summed E-state index contributed by atoms with van der Waals surface area (Å²) >= 11 is 0. The molecule has 1 rings (SSSR count). The summed E-state index contributed by atoms with van der Waals surface area (Å²) in [4.78, 5) is 11.3. The largest absolute Gasteiger partial charge is 0.460 e. The van der Waals surface area contributed by atoms with Gasteiger partial charge in [-0.1, -0.05) is 48.6 Å². The highest BCUT2D eigenvalue weighted by atomic mass is 19.4. The van der Waals surface area contributed by atoms with E-state index in [9.17, 15) is 70.7 Å². The summed E-state index contributed by atoms with van der Waals surface area (Å²) in [5.74, 6) is -51.3. The Morgan fingerprint density at radius 2 is 0.971 bits per heavy atom. The first kappa shape index (κ1) is 29.4. The van der Waals surface area contributed by atoms with Gasteiger partial charge < -0.3 is 0 Å². The molecule has 1 aromatic rings. The summed E-state index contributed by atoms with van der Waals surface area (Å²) in [5, 5.41) is 0. The van der Waals surface area contributed by atoms with E-state index in [2.05, 4.69) is 0 Å². The molecule has 0 fully saturated rings. The molecule has 0 saturated carbocycles. The van der Waals surface area contributed by atoms with Crippen molar-refractivity contribution in [2.24, 2.45) is 0 Å². The maximum atomic E-state index is 13.6. The minimum atomic E-state index is -8.43. The smallest absolute Gasteiger partial charge is 0.288 e. The molecule has 0 unspecified atom stereocenters. The Labute approximate surface area is 179 Å². The van der Waals surface area contributed by atoms with E-state index < -0.39 is 53.6 Å². The first-order valence-electron chi connectivity index (χ1n) is 8.28. The van der Waals surface area contributed by atoms with Gasteiger partial charge in [-0.25, -0.2) is 0 Å². The second-order valence-electron chi connectivity index (χ2n) is 6.44. The Hall–Kier alpha value is -2.68. The Morgan fingerprint density at radius 1 is 0.559 bits per heavy atom. The van der Waals surface area contributed by atoms with Gasteiger partial charge in [0.05, 0.1) is 0 Å². The molecular formula is C18H9F15O. The molecule has 34 heavy (non-hydrogen) atoms. The summed E-state index contributed by atoms with van der Waals surface area (Å²) in [6.07, 6.45) is -6.28. The van der Waals surface area contributed by atoms with Crippen molar-refractivity contribution in [3.63, 3.8) is 0 Å². The molecule has 0 radical (unpaired) electrons. The lowest BCUT2D eigenvalue weighted by Gasteiger charge is -2.41. The third kappa shape index (κ3) is 4.50. The van der Waals surface area contributed by atoms with Crippen LogP contribution in [0.5, 0.6) is 0 Å². The summed E-state index contributed by atoms with van der Waals surface area (Å²) in [7, 11) is 0. The van der Waals surface area contributed by atoms with Gasteiger partial charge in [0, 0.05) is 0 Å². The van der Waals surface area contributed by atoms with Gasteiger partial charge in [0.25, 0.3) is 0 Å². The molecule has 0 spiro atoms. The van der Waals surface area contributed by atoms with Gasteiger partial charge in [-0.3, -0.25) is 4.79 Å². The van der Waals surface area contributed by atoms with E-state index >= 15 is 0 Å². The summed E-state index contributed by atoms with van der Waals surface area (Å²) < 4.78 is 196. The quantitative estimate of drug-likeness (QED) is 0.189. The normalized spacial score (nSPS) is 15.4. The summed E-state index contributed by atoms with van der Waals surface area (Å²) in [6.45, 7) is 0. The average molecular weight is 526 g/mol. The number of carbonyl (C=O) groups excluding carboxylic acids is 1.